The smallest absolute Gasteiger partial charge is 0.401 e. The van der Waals surface area contributed by atoms with Crippen LogP contribution in [-0.4, -0.2) is 51.5 Å². The Bertz CT molecular complexity index is 509. The summed E-state index contributed by atoms with van der Waals surface area (Å²) in [5.41, 5.74) is 0.969. The van der Waals surface area contributed by atoms with Crippen LogP contribution in [-0.2, 0) is 6.54 Å². The third kappa shape index (κ3) is 5.28. The molecule has 2 rings (SSSR count). The zero-order valence-corrected chi connectivity index (χ0v) is 13.4. The minimum atomic E-state index is -4.11. The predicted octanol–water partition coefficient (Wildman–Crippen LogP) is 2.68. The predicted molar refractivity (Wildman–Crippen MR) is 81.9 cm³/mol. The molecule has 1 aromatic rings. The molecule has 0 aliphatic carbocycles. The molecule has 130 valence electrons. The average Bonchev–Trinajstić information content (AvgIpc) is 2.92. The van der Waals surface area contributed by atoms with Gasteiger partial charge in [0.05, 0.1) is 20.8 Å². The van der Waals surface area contributed by atoms with Gasteiger partial charge in [-0.2, -0.15) is 13.2 Å². The lowest BCUT2D eigenvalue weighted by atomic mass is 10.1. The Morgan fingerprint density at radius 1 is 1.26 bits per heavy atom. The molecule has 1 fully saturated rings. The van der Waals surface area contributed by atoms with Crippen LogP contribution in [0.25, 0.3) is 0 Å². The van der Waals surface area contributed by atoms with E-state index in [4.69, 9.17) is 9.47 Å². The lowest BCUT2D eigenvalue weighted by molar-refractivity contribution is -0.143. The summed E-state index contributed by atoms with van der Waals surface area (Å²) in [6.45, 7) is 1.47. The number of halogens is 3. The molecule has 0 spiro atoms. The highest BCUT2D eigenvalue weighted by atomic mass is 19.4. The molecule has 0 amide bonds. The van der Waals surface area contributed by atoms with E-state index in [0.29, 0.717) is 37.7 Å². The van der Waals surface area contributed by atoms with Crippen molar-refractivity contribution in [3.63, 3.8) is 0 Å². The fourth-order valence-corrected chi connectivity index (χ4v) is 2.98. The molecule has 4 nitrogen and oxygen atoms in total. The van der Waals surface area contributed by atoms with Crippen LogP contribution < -0.4 is 14.8 Å². The molecule has 23 heavy (non-hydrogen) atoms. The highest BCUT2D eigenvalue weighted by Gasteiger charge is 2.34. The van der Waals surface area contributed by atoms with Gasteiger partial charge in [0.2, 0.25) is 0 Å². The monoisotopic (exact) mass is 332 g/mol. The molecule has 1 aliphatic heterocycles. The van der Waals surface area contributed by atoms with Crippen LogP contribution in [0.4, 0.5) is 13.2 Å². The van der Waals surface area contributed by atoms with E-state index in [-0.39, 0.29) is 5.92 Å². The van der Waals surface area contributed by atoms with Crippen LogP contribution in [0, 0.1) is 5.92 Å². The number of hydrogen-bond acceptors (Lipinski definition) is 4. The van der Waals surface area contributed by atoms with E-state index < -0.39 is 12.7 Å². The number of hydrogen-bond donors (Lipinski definition) is 1. The van der Waals surface area contributed by atoms with E-state index >= 15 is 0 Å². The van der Waals surface area contributed by atoms with Crippen LogP contribution in [0.15, 0.2) is 18.2 Å². The van der Waals surface area contributed by atoms with Gasteiger partial charge in [0.25, 0.3) is 0 Å². The van der Waals surface area contributed by atoms with E-state index in [1.165, 1.54) is 4.90 Å². The van der Waals surface area contributed by atoms with E-state index in [0.717, 1.165) is 12.0 Å². The normalized spacial score (nSPS) is 19.1. The Morgan fingerprint density at radius 3 is 2.70 bits per heavy atom. The highest BCUT2D eigenvalue weighted by molar-refractivity contribution is 5.46. The SMILES string of the molecule is COc1cccc(CNCC2CCN(CC(F)(F)F)C2)c1OC. The maximum atomic E-state index is 12.4. The first-order valence-corrected chi connectivity index (χ1v) is 7.62. The molecule has 0 radical (unpaired) electrons. The van der Waals surface area contributed by atoms with Gasteiger partial charge in [-0.25, -0.2) is 0 Å². The maximum absolute atomic E-state index is 12.4. The van der Waals surface area contributed by atoms with Gasteiger partial charge < -0.3 is 14.8 Å². The summed E-state index contributed by atoms with van der Waals surface area (Å²) in [4.78, 5) is 1.47. The summed E-state index contributed by atoms with van der Waals surface area (Å²) in [6, 6.07) is 5.66. The first-order chi connectivity index (χ1) is 10.9. The minimum absolute atomic E-state index is 0.244. The van der Waals surface area contributed by atoms with Crippen molar-refractivity contribution in [1.29, 1.82) is 0 Å². The van der Waals surface area contributed by atoms with E-state index in [1.54, 1.807) is 14.2 Å². The zero-order chi connectivity index (χ0) is 16.9. The van der Waals surface area contributed by atoms with Gasteiger partial charge in [0.1, 0.15) is 0 Å². The molecular formula is C16H23F3N2O2. The zero-order valence-electron chi connectivity index (χ0n) is 13.4. The lowest BCUT2D eigenvalue weighted by Gasteiger charge is -2.18. The van der Waals surface area contributed by atoms with E-state index in [9.17, 15) is 13.2 Å². The number of likely N-dealkylation sites (tertiary alicyclic amines) is 1. The molecule has 1 N–H and O–H groups in total. The second kappa shape index (κ2) is 7.88. The Morgan fingerprint density at radius 2 is 2.04 bits per heavy atom. The molecule has 7 heteroatoms. The third-order valence-electron chi connectivity index (χ3n) is 4.01. The van der Waals surface area contributed by atoms with E-state index in [2.05, 4.69) is 5.32 Å². The van der Waals surface area contributed by atoms with Crippen molar-refractivity contribution in [3.05, 3.63) is 23.8 Å². The van der Waals surface area contributed by atoms with Gasteiger partial charge in [-0.1, -0.05) is 12.1 Å². The number of nitrogens with one attached hydrogen (secondary N) is 1. The number of ether oxygens (including phenoxy) is 2. The van der Waals surface area contributed by atoms with Crippen molar-refractivity contribution in [3.8, 4) is 11.5 Å². The molecule has 1 heterocycles. The van der Waals surface area contributed by atoms with Gasteiger partial charge in [0, 0.05) is 18.7 Å². The minimum Gasteiger partial charge on any atom is -0.493 e. The molecule has 0 aromatic heterocycles. The Kier molecular flexibility index (Phi) is 6.12. The fourth-order valence-electron chi connectivity index (χ4n) is 2.98. The van der Waals surface area contributed by atoms with Gasteiger partial charge >= 0.3 is 6.18 Å². The molecule has 1 aliphatic rings. The number of nitrogens with zero attached hydrogens (tertiary/aromatic N) is 1. The summed E-state index contributed by atoms with van der Waals surface area (Å²) in [7, 11) is 3.18. The van der Waals surface area contributed by atoms with Crippen molar-refractivity contribution in [2.24, 2.45) is 5.92 Å². The fraction of sp³-hybridized carbons (Fsp3) is 0.625. The first kappa shape index (κ1) is 17.9. The summed E-state index contributed by atoms with van der Waals surface area (Å²) >= 11 is 0. The number of benzene rings is 1. The van der Waals surface area contributed by atoms with Crippen molar-refractivity contribution in [2.45, 2.75) is 19.1 Å². The average molecular weight is 332 g/mol. The second-order valence-corrected chi connectivity index (χ2v) is 5.79. The van der Waals surface area contributed by atoms with Gasteiger partial charge in [0.15, 0.2) is 11.5 Å². The topological polar surface area (TPSA) is 33.7 Å². The first-order valence-electron chi connectivity index (χ1n) is 7.62. The van der Waals surface area contributed by atoms with Crippen molar-refractivity contribution in [2.75, 3.05) is 40.4 Å². The summed E-state index contributed by atoms with van der Waals surface area (Å²) < 4.78 is 47.8. The van der Waals surface area contributed by atoms with Crippen LogP contribution in [0.3, 0.4) is 0 Å². The van der Waals surface area contributed by atoms with Crippen LogP contribution in [0.2, 0.25) is 0 Å². The Labute approximate surface area is 134 Å². The van der Waals surface area contributed by atoms with Gasteiger partial charge in [-0.05, 0) is 31.5 Å². The second-order valence-electron chi connectivity index (χ2n) is 5.79. The lowest BCUT2D eigenvalue weighted by Crippen LogP contribution is -2.33. The maximum Gasteiger partial charge on any atom is 0.401 e. The molecule has 1 unspecified atom stereocenters. The Hall–Kier alpha value is -1.47. The van der Waals surface area contributed by atoms with Crippen LogP contribution >= 0.6 is 0 Å². The van der Waals surface area contributed by atoms with Crippen molar-refractivity contribution < 1.29 is 22.6 Å². The standard InChI is InChI=1S/C16H23F3N2O2/c1-22-14-5-3-4-13(15(14)23-2)9-20-8-12-6-7-21(10-12)11-16(17,18)19/h3-5,12,20H,6-11H2,1-2H3. The number of alkyl halides is 3. The molecule has 1 aromatic carbocycles. The highest BCUT2D eigenvalue weighted by Crippen LogP contribution is 2.30. The third-order valence-corrected chi connectivity index (χ3v) is 4.01. The van der Waals surface area contributed by atoms with Crippen molar-refractivity contribution in [1.82, 2.24) is 10.2 Å². The molecule has 0 bridgehead atoms. The quantitative estimate of drug-likeness (QED) is 0.832. The van der Waals surface area contributed by atoms with Crippen LogP contribution in [0.5, 0.6) is 11.5 Å². The Balaban J connectivity index is 1.80. The number of para-hydroxylation sites is 1. The van der Waals surface area contributed by atoms with Gasteiger partial charge in [-0.15, -0.1) is 0 Å². The molecule has 0 saturated carbocycles. The van der Waals surface area contributed by atoms with Crippen LogP contribution in [0.1, 0.15) is 12.0 Å². The molecule has 1 atom stereocenters. The summed E-state index contributed by atoms with van der Waals surface area (Å²) in [6.07, 6.45) is -3.32. The summed E-state index contributed by atoms with van der Waals surface area (Å²) in [5, 5.41) is 3.31. The number of methoxy groups -OCH3 is 2. The largest absolute Gasteiger partial charge is 0.493 e. The van der Waals surface area contributed by atoms with Gasteiger partial charge in [-0.3, -0.25) is 4.90 Å². The summed E-state index contributed by atoms with van der Waals surface area (Å²) in [5.74, 6) is 1.60. The van der Waals surface area contributed by atoms with E-state index in [1.807, 2.05) is 18.2 Å². The van der Waals surface area contributed by atoms with Crippen molar-refractivity contribution >= 4 is 0 Å². The number of rotatable bonds is 7. The molecular weight excluding hydrogens is 309 g/mol. The molecule has 1 saturated heterocycles.